The fourth-order valence-electron chi connectivity index (χ4n) is 1.21. The molecule has 1 unspecified atom stereocenters. The van der Waals surface area contributed by atoms with Crippen LogP contribution in [0.15, 0.2) is 30.3 Å². The average Bonchev–Trinajstić information content (AvgIpc) is 2.27. The van der Waals surface area contributed by atoms with Crippen molar-refractivity contribution in [3.05, 3.63) is 30.3 Å². The summed E-state index contributed by atoms with van der Waals surface area (Å²) >= 11 is 0. The molecule has 1 atom stereocenters. The predicted molar refractivity (Wildman–Crippen MR) is 74.6 cm³/mol. The van der Waals surface area contributed by atoms with Gasteiger partial charge >= 0.3 is 0 Å². The van der Waals surface area contributed by atoms with Crippen molar-refractivity contribution in [1.29, 1.82) is 0 Å². The smallest absolute Gasteiger partial charge is 0.239 e. The molecule has 0 aliphatic carbocycles. The van der Waals surface area contributed by atoms with Crippen LogP contribution in [0.5, 0.6) is 0 Å². The van der Waals surface area contributed by atoms with Crippen molar-refractivity contribution in [2.45, 2.75) is 26.8 Å². The molecule has 17 heavy (non-hydrogen) atoms. The molecule has 0 heterocycles. The lowest BCUT2D eigenvalue weighted by Crippen LogP contribution is -2.39. The van der Waals surface area contributed by atoms with E-state index in [2.05, 4.69) is 24.5 Å². The molecule has 0 bridgehead atoms. The summed E-state index contributed by atoms with van der Waals surface area (Å²) in [5.74, 6) is 0.491. The first-order valence-electron chi connectivity index (χ1n) is 5.68. The monoisotopic (exact) mass is 256 g/mol. The Labute approximate surface area is 109 Å². The molecule has 4 heteroatoms. The standard InChI is InChI=1S/C13H20N2O.ClH/c1-10(2)11(3)15-13(16)9-14-12-7-5-4-6-8-12;/h4-8,10-11,14H,9H2,1-3H3,(H,15,16);1H. The van der Waals surface area contributed by atoms with E-state index in [1.54, 1.807) is 0 Å². The van der Waals surface area contributed by atoms with Gasteiger partial charge in [0.25, 0.3) is 0 Å². The number of hydrogen-bond acceptors (Lipinski definition) is 2. The van der Waals surface area contributed by atoms with Gasteiger partial charge in [-0.05, 0) is 25.0 Å². The SMILES string of the molecule is CC(C)C(C)NC(=O)CNc1ccccc1.Cl. The molecule has 1 aromatic carbocycles. The Bertz CT molecular complexity index is 327. The number of hydrogen-bond donors (Lipinski definition) is 2. The summed E-state index contributed by atoms with van der Waals surface area (Å²) in [6, 6.07) is 9.93. The van der Waals surface area contributed by atoms with Crippen LogP contribution in [-0.2, 0) is 4.79 Å². The lowest BCUT2D eigenvalue weighted by molar-refractivity contribution is -0.120. The molecular weight excluding hydrogens is 236 g/mol. The Morgan fingerprint density at radius 1 is 1.18 bits per heavy atom. The van der Waals surface area contributed by atoms with Crippen LogP contribution in [0.1, 0.15) is 20.8 Å². The molecular formula is C13H21ClN2O. The summed E-state index contributed by atoms with van der Waals surface area (Å²) in [5, 5.41) is 6.02. The van der Waals surface area contributed by atoms with E-state index >= 15 is 0 Å². The van der Waals surface area contributed by atoms with Crippen molar-refractivity contribution in [1.82, 2.24) is 5.32 Å². The first kappa shape index (κ1) is 15.8. The highest BCUT2D eigenvalue weighted by Gasteiger charge is 2.09. The second-order valence-corrected chi connectivity index (χ2v) is 4.32. The van der Waals surface area contributed by atoms with Gasteiger partial charge < -0.3 is 10.6 Å². The number of nitrogens with one attached hydrogen (secondary N) is 2. The molecule has 1 rings (SSSR count). The van der Waals surface area contributed by atoms with Crippen molar-refractivity contribution in [2.24, 2.45) is 5.92 Å². The molecule has 96 valence electrons. The van der Waals surface area contributed by atoms with Crippen molar-refractivity contribution in [3.8, 4) is 0 Å². The molecule has 0 saturated carbocycles. The van der Waals surface area contributed by atoms with E-state index in [4.69, 9.17) is 0 Å². The Kier molecular flexibility index (Phi) is 7.39. The fraction of sp³-hybridized carbons (Fsp3) is 0.462. The summed E-state index contributed by atoms with van der Waals surface area (Å²) in [7, 11) is 0. The maximum atomic E-state index is 11.6. The van der Waals surface area contributed by atoms with Gasteiger partial charge in [0.2, 0.25) is 5.91 Å². The summed E-state index contributed by atoms with van der Waals surface area (Å²) in [5.41, 5.74) is 0.967. The van der Waals surface area contributed by atoms with Gasteiger partial charge in [-0.2, -0.15) is 0 Å². The zero-order valence-corrected chi connectivity index (χ0v) is 11.4. The van der Waals surface area contributed by atoms with Gasteiger partial charge in [0.1, 0.15) is 0 Å². The summed E-state index contributed by atoms with van der Waals surface area (Å²) in [4.78, 5) is 11.6. The second-order valence-electron chi connectivity index (χ2n) is 4.32. The number of amides is 1. The minimum Gasteiger partial charge on any atom is -0.376 e. The number of carbonyl (C=O) groups excluding carboxylic acids is 1. The number of carbonyl (C=O) groups is 1. The predicted octanol–water partition coefficient (Wildman–Crippen LogP) is 2.68. The van der Waals surface area contributed by atoms with Crippen LogP contribution < -0.4 is 10.6 Å². The van der Waals surface area contributed by atoms with Crippen molar-refractivity contribution in [2.75, 3.05) is 11.9 Å². The van der Waals surface area contributed by atoms with Crippen LogP contribution in [0.4, 0.5) is 5.69 Å². The second kappa shape index (κ2) is 7.96. The van der Waals surface area contributed by atoms with E-state index in [0.717, 1.165) is 5.69 Å². The third-order valence-corrected chi connectivity index (χ3v) is 2.62. The summed E-state index contributed by atoms with van der Waals surface area (Å²) in [6.07, 6.45) is 0. The van der Waals surface area contributed by atoms with Crippen LogP contribution in [-0.4, -0.2) is 18.5 Å². The Morgan fingerprint density at radius 2 is 1.76 bits per heavy atom. The van der Waals surface area contributed by atoms with Gasteiger partial charge in [-0.1, -0.05) is 32.0 Å². The van der Waals surface area contributed by atoms with Gasteiger partial charge in [-0.3, -0.25) is 4.79 Å². The van der Waals surface area contributed by atoms with Crippen LogP contribution in [0.3, 0.4) is 0 Å². The molecule has 0 fully saturated rings. The van der Waals surface area contributed by atoms with Gasteiger partial charge in [-0.15, -0.1) is 12.4 Å². The average molecular weight is 257 g/mol. The topological polar surface area (TPSA) is 41.1 Å². The number of rotatable bonds is 5. The van der Waals surface area contributed by atoms with Crippen molar-refractivity contribution in [3.63, 3.8) is 0 Å². The normalized spacial score (nSPS) is 11.5. The van der Waals surface area contributed by atoms with Crippen LogP contribution in [0.25, 0.3) is 0 Å². The largest absolute Gasteiger partial charge is 0.376 e. The Balaban J connectivity index is 0.00000256. The zero-order chi connectivity index (χ0) is 12.0. The molecule has 1 amide bonds. The van der Waals surface area contributed by atoms with Crippen LogP contribution in [0.2, 0.25) is 0 Å². The molecule has 0 aromatic heterocycles. The number of benzene rings is 1. The molecule has 0 aliphatic rings. The van der Waals surface area contributed by atoms with Gasteiger partial charge in [-0.25, -0.2) is 0 Å². The molecule has 0 radical (unpaired) electrons. The lowest BCUT2D eigenvalue weighted by Gasteiger charge is -2.17. The molecule has 3 nitrogen and oxygen atoms in total. The number of anilines is 1. The highest BCUT2D eigenvalue weighted by Crippen LogP contribution is 2.04. The summed E-state index contributed by atoms with van der Waals surface area (Å²) in [6.45, 7) is 6.53. The maximum Gasteiger partial charge on any atom is 0.239 e. The lowest BCUT2D eigenvalue weighted by atomic mass is 10.1. The van der Waals surface area contributed by atoms with E-state index in [0.29, 0.717) is 12.5 Å². The highest BCUT2D eigenvalue weighted by molar-refractivity contribution is 5.85. The van der Waals surface area contributed by atoms with Gasteiger partial charge in [0.15, 0.2) is 0 Å². The van der Waals surface area contributed by atoms with Crippen molar-refractivity contribution < 1.29 is 4.79 Å². The van der Waals surface area contributed by atoms with Gasteiger partial charge in [0.05, 0.1) is 6.54 Å². The third kappa shape index (κ3) is 6.17. The maximum absolute atomic E-state index is 11.6. The van der Waals surface area contributed by atoms with E-state index in [1.807, 2.05) is 37.3 Å². The molecule has 0 spiro atoms. The fourth-order valence-corrected chi connectivity index (χ4v) is 1.21. The molecule has 2 N–H and O–H groups in total. The number of para-hydroxylation sites is 1. The van der Waals surface area contributed by atoms with Crippen molar-refractivity contribution >= 4 is 24.0 Å². The Morgan fingerprint density at radius 3 is 2.29 bits per heavy atom. The molecule has 0 aliphatic heterocycles. The third-order valence-electron chi connectivity index (χ3n) is 2.62. The minimum atomic E-state index is 0. The molecule has 0 saturated heterocycles. The van der Waals surface area contributed by atoms with E-state index in [1.165, 1.54) is 0 Å². The first-order chi connectivity index (χ1) is 7.59. The van der Waals surface area contributed by atoms with Gasteiger partial charge in [0, 0.05) is 11.7 Å². The Hall–Kier alpha value is -1.22. The number of halogens is 1. The van der Waals surface area contributed by atoms with E-state index in [-0.39, 0.29) is 24.4 Å². The minimum absolute atomic E-state index is 0. The zero-order valence-electron chi connectivity index (χ0n) is 10.6. The first-order valence-corrected chi connectivity index (χ1v) is 5.68. The highest BCUT2D eigenvalue weighted by atomic mass is 35.5. The quantitative estimate of drug-likeness (QED) is 0.851. The van der Waals surface area contributed by atoms with Crippen LogP contribution in [0, 0.1) is 5.92 Å². The molecule has 1 aromatic rings. The van der Waals surface area contributed by atoms with E-state index < -0.39 is 0 Å². The van der Waals surface area contributed by atoms with Crippen LogP contribution >= 0.6 is 12.4 Å². The summed E-state index contributed by atoms with van der Waals surface area (Å²) < 4.78 is 0. The van der Waals surface area contributed by atoms with E-state index in [9.17, 15) is 4.79 Å².